The molecule has 2 rings (SSSR count). The van der Waals surface area contributed by atoms with E-state index in [2.05, 4.69) is 4.72 Å². The lowest BCUT2D eigenvalue weighted by Gasteiger charge is -2.21. The summed E-state index contributed by atoms with van der Waals surface area (Å²) in [5, 5.41) is 8.40. The van der Waals surface area contributed by atoms with Crippen molar-refractivity contribution in [2.24, 2.45) is 11.8 Å². The molecule has 2 saturated carbocycles. The van der Waals surface area contributed by atoms with Crippen LogP contribution < -0.4 is 4.72 Å². The van der Waals surface area contributed by atoms with E-state index >= 15 is 0 Å². The Morgan fingerprint density at radius 2 is 1.94 bits per heavy atom. The van der Waals surface area contributed by atoms with Crippen molar-refractivity contribution in [1.29, 1.82) is 5.26 Å². The zero-order valence-corrected chi connectivity index (χ0v) is 11.6. The van der Waals surface area contributed by atoms with E-state index < -0.39 is 10.0 Å². The molecule has 1 N–H and O–H groups in total. The molecule has 5 heteroatoms. The average molecular weight is 270 g/mol. The van der Waals surface area contributed by atoms with Gasteiger partial charge in [0.15, 0.2) is 0 Å². The highest BCUT2D eigenvalue weighted by Crippen LogP contribution is 2.44. The normalized spacial score (nSPS) is 28.8. The molecule has 2 aliphatic carbocycles. The van der Waals surface area contributed by atoms with Crippen LogP contribution in [0, 0.1) is 23.2 Å². The van der Waals surface area contributed by atoms with E-state index in [1.54, 1.807) is 0 Å². The Labute approximate surface area is 110 Å². The van der Waals surface area contributed by atoms with Crippen LogP contribution in [0.2, 0.25) is 0 Å². The number of sulfonamides is 1. The molecule has 0 aromatic rings. The summed E-state index contributed by atoms with van der Waals surface area (Å²) in [4.78, 5) is 0. The predicted molar refractivity (Wildman–Crippen MR) is 70.2 cm³/mol. The van der Waals surface area contributed by atoms with E-state index in [0.717, 1.165) is 12.3 Å². The Balaban J connectivity index is 1.73. The van der Waals surface area contributed by atoms with Crippen LogP contribution in [0.3, 0.4) is 0 Å². The fraction of sp³-hybridized carbons (Fsp3) is 0.923. The molecule has 0 saturated heterocycles. The molecule has 0 spiro atoms. The van der Waals surface area contributed by atoms with Crippen LogP contribution >= 0.6 is 0 Å². The van der Waals surface area contributed by atoms with Gasteiger partial charge in [-0.15, -0.1) is 0 Å². The topological polar surface area (TPSA) is 70.0 Å². The Hall–Kier alpha value is -0.600. The number of rotatable bonds is 6. The zero-order valence-electron chi connectivity index (χ0n) is 10.8. The van der Waals surface area contributed by atoms with Crippen molar-refractivity contribution in [3.63, 3.8) is 0 Å². The van der Waals surface area contributed by atoms with Crippen LogP contribution in [0.5, 0.6) is 0 Å². The van der Waals surface area contributed by atoms with Gasteiger partial charge in [-0.25, -0.2) is 13.1 Å². The maximum Gasteiger partial charge on any atom is 0.211 e. The number of nitrogens with zero attached hydrogens (tertiary/aromatic N) is 1. The van der Waals surface area contributed by atoms with Gasteiger partial charge in [0.1, 0.15) is 0 Å². The number of unbranched alkanes of at least 4 members (excludes halogenated alkanes) is 1. The van der Waals surface area contributed by atoms with Gasteiger partial charge < -0.3 is 0 Å². The molecule has 2 fully saturated rings. The third-order valence-corrected chi connectivity index (χ3v) is 5.62. The molecule has 0 aromatic carbocycles. The van der Waals surface area contributed by atoms with Gasteiger partial charge in [0, 0.05) is 12.5 Å². The summed E-state index contributed by atoms with van der Waals surface area (Å²) >= 11 is 0. The van der Waals surface area contributed by atoms with E-state index in [0.29, 0.717) is 18.8 Å². The monoisotopic (exact) mass is 270 g/mol. The van der Waals surface area contributed by atoms with Crippen LogP contribution in [-0.4, -0.2) is 20.2 Å². The van der Waals surface area contributed by atoms with Crippen molar-refractivity contribution >= 4 is 10.0 Å². The van der Waals surface area contributed by atoms with Gasteiger partial charge in [0.05, 0.1) is 11.8 Å². The molecular formula is C13H22N2O2S. The van der Waals surface area contributed by atoms with Gasteiger partial charge in [-0.3, -0.25) is 0 Å². The quantitative estimate of drug-likeness (QED) is 0.752. The van der Waals surface area contributed by atoms with E-state index in [9.17, 15) is 8.42 Å². The van der Waals surface area contributed by atoms with Gasteiger partial charge in [-0.2, -0.15) is 5.26 Å². The summed E-state index contributed by atoms with van der Waals surface area (Å²) < 4.78 is 26.3. The maximum atomic E-state index is 11.8. The summed E-state index contributed by atoms with van der Waals surface area (Å²) in [5.41, 5.74) is 0. The van der Waals surface area contributed by atoms with Crippen LogP contribution in [0.25, 0.3) is 0 Å². The lowest BCUT2D eigenvalue weighted by Crippen LogP contribution is -2.30. The minimum Gasteiger partial charge on any atom is -0.212 e. The molecule has 4 nitrogen and oxygen atoms in total. The summed E-state index contributed by atoms with van der Waals surface area (Å²) in [6.45, 7) is 0. The molecule has 0 heterocycles. The Morgan fingerprint density at radius 1 is 1.22 bits per heavy atom. The minimum absolute atomic E-state index is 0.0917. The van der Waals surface area contributed by atoms with Crippen molar-refractivity contribution in [1.82, 2.24) is 4.72 Å². The largest absolute Gasteiger partial charge is 0.212 e. The van der Waals surface area contributed by atoms with Crippen molar-refractivity contribution < 1.29 is 8.42 Å². The Bertz CT molecular complexity index is 407. The van der Waals surface area contributed by atoms with Crippen molar-refractivity contribution in [3.05, 3.63) is 0 Å². The van der Waals surface area contributed by atoms with Crippen LogP contribution in [-0.2, 0) is 10.0 Å². The van der Waals surface area contributed by atoms with Gasteiger partial charge in [-0.1, -0.05) is 32.1 Å². The number of nitriles is 1. The fourth-order valence-corrected chi connectivity index (χ4v) is 4.44. The molecule has 2 aliphatic rings. The Morgan fingerprint density at radius 3 is 2.61 bits per heavy atom. The van der Waals surface area contributed by atoms with E-state index in [4.69, 9.17) is 5.26 Å². The molecule has 0 radical (unpaired) electrons. The first kappa shape index (κ1) is 13.8. The highest BCUT2D eigenvalue weighted by Gasteiger charge is 2.44. The second-order valence-corrected chi connectivity index (χ2v) is 7.48. The van der Waals surface area contributed by atoms with Crippen molar-refractivity contribution in [3.8, 4) is 6.07 Å². The lowest BCUT2D eigenvalue weighted by molar-refractivity contribution is 0.316. The molecule has 0 bridgehead atoms. The molecule has 2 atom stereocenters. The predicted octanol–water partition coefficient (Wildman–Crippen LogP) is 2.18. The smallest absolute Gasteiger partial charge is 0.211 e. The first-order valence-electron chi connectivity index (χ1n) is 6.99. The molecule has 102 valence electrons. The van der Waals surface area contributed by atoms with Crippen molar-refractivity contribution in [2.45, 2.75) is 57.4 Å². The molecule has 18 heavy (non-hydrogen) atoms. The lowest BCUT2D eigenvalue weighted by atomic mass is 9.86. The van der Waals surface area contributed by atoms with Crippen molar-refractivity contribution in [2.75, 3.05) is 5.75 Å². The second kappa shape index (κ2) is 6.03. The zero-order chi connectivity index (χ0) is 13.0. The standard InChI is InChI=1S/C13H22N2O2S/c14-8-4-5-9-18(16,17)15-13-10-12(13)11-6-2-1-3-7-11/h11-13,15H,1-7,9-10H2/t12-,13+/m0/s1. The van der Waals surface area contributed by atoms with E-state index in [-0.39, 0.29) is 11.8 Å². The molecule has 0 aromatic heterocycles. The SMILES string of the molecule is N#CCCCS(=O)(=O)N[C@@H]1C[C@H]1C1CCCCC1. The highest BCUT2D eigenvalue weighted by molar-refractivity contribution is 7.89. The molecule has 0 amide bonds. The molecular weight excluding hydrogens is 248 g/mol. The number of hydrogen-bond acceptors (Lipinski definition) is 3. The number of hydrogen-bond donors (Lipinski definition) is 1. The van der Waals surface area contributed by atoms with E-state index in [1.807, 2.05) is 6.07 Å². The summed E-state index contributed by atoms with van der Waals surface area (Å²) in [5.74, 6) is 1.41. The highest BCUT2D eigenvalue weighted by atomic mass is 32.2. The minimum atomic E-state index is -3.16. The van der Waals surface area contributed by atoms with Gasteiger partial charge in [0.25, 0.3) is 0 Å². The first-order chi connectivity index (χ1) is 8.62. The first-order valence-corrected chi connectivity index (χ1v) is 8.64. The third-order valence-electron chi connectivity index (χ3n) is 4.13. The summed E-state index contributed by atoms with van der Waals surface area (Å²) in [7, 11) is -3.16. The van der Waals surface area contributed by atoms with E-state index in [1.165, 1.54) is 32.1 Å². The van der Waals surface area contributed by atoms with Crippen LogP contribution in [0.1, 0.15) is 51.4 Å². The molecule has 0 aliphatic heterocycles. The van der Waals surface area contributed by atoms with Crippen LogP contribution in [0.15, 0.2) is 0 Å². The Kier molecular flexibility index (Phi) is 4.63. The fourth-order valence-electron chi connectivity index (χ4n) is 3.06. The maximum absolute atomic E-state index is 11.8. The summed E-state index contributed by atoms with van der Waals surface area (Å²) in [6, 6.07) is 2.16. The average Bonchev–Trinajstić information content (AvgIpc) is 3.09. The van der Waals surface area contributed by atoms with Gasteiger partial charge in [0.2, 0.25) is 10.0 Å². The van der Waals surface area contributed by atoms with Crippen LogP contribution in [0.4, 0.5) is 0 Å². The van der Waals surface area contributed by atoms with Gasteiger partial charge >= 0.3 is 0 Å². The summed E-state index contributed by atoms with van der Waals surface area (Å²) in [6.07, 6.45) is 8.28. The number of nitrogens with one attached hydrogen (secondary N) is 1. The third kappa shape index (κ3) is 3.96. The van der Waals surface area contributed by atoms with Gasteiger partial charge in [-0.05, 0) is 24.7 Å². The molecule has 0 unspecified atom stereocenters. The second-order valence-electron chi connectivity index (χ2n) is 5.60.